The molecule has 0 aromatic heterocycles. The highest BCUT2D eigenvalue weighted by atomic mass is 14.7. The van der Waals surface area contributed by atoms with E-state index in [1.807, 2.05) is 0 Å². The Hall–Kier alpha value is -0.300. The van der Waals surface area contributed by atoms with Gasteiger partial charge in [0, 0.05) is 6.04 Å². The summed E-state index contributed by atoms with van der Waals surface area (Å²) >= 11 is 0. The molecule has 3 rings (SSSR count). The highest BCUT2D eigenvalue weighted by Gasteiger charge is 2.53. The Morgan fingerprint density at radius 3 is 2.55 bits per heavy atom. The Balaban J connectivity index is 2.34. The lowest BCUT2D eigenvalue weighted by atomic mass is 9.48. The summed E-state index contributed by atoms with van der Waals surface area (Å²) < 4.78 is 0. The van der Waals surface area contributed by atoms with Gasteiger partial charge in [0.15, 0.2) is 0 Å². The van der Waals surface area contributed by atoms with Crippen LogP contribution in [0.4, 0.5) is 0 Å². The molecule has 2 N–H and O–H groups in total. The van der Waals surface area contributed by atoms with Crippen molar-refractivity contribution in [2.75, 3.05) is 0 Å². The summed E-state index contributed by atoms with van der Waals surface area (Å²) in [7, 11) is 0. The minimum absolute atomic E-state index is 0.329. The summed E-state index contributed by atoms with van der Waals surface area (Å²) in [6, 6.07) is 0.329. The molecular formula is C10H17N. The Morgan fingerprint density at radius 1 is 1.55 bits per heavy atom. The molecule has 1 fully saturated rings. The van der Waals surface area contributed by atoms with E-state index in [9.17, 15) is 0 Å². The Labute approximate surface area is 68.7 Å². The van der Waals surface area contributed by atoms with Crippen molar-refractivity contribution < 1.29 is 0 Å². The van der Waals surface area contributed by atoms with Gasteiger partial charge in [0.05, 0.1) is 0 Å². The van der Waals surface area contributed by atoms with Gasteiger partial charge in [-0.2, -0.15) is 0 Å². The van der Waals surface area contributed by atoms with E-state index in [0.717, 1.165) is 11.8 Å². The second-order valence-corrected chi connectivity index (χ2v) is 4.70. The Bertz CT molecular complexity index is 215. The fraction of sp³-hybridized carbons (Fsp3) is 0.800. The molecule has 0 heterocycles. The smallest absolute Gasteiger partial charge is 0.0260 e. The molecule has 1 saturated carbocycles. The van der Waals surface area contributed by atoms with E-state index in [4.69, 9.17) is 5.73 Å². The summed E-state index contributed by atoms with van der Waals surface area (Å²) in [6.07, 6.45) is 3.58. The lowest BCUT2D eigenvalue weighted by Crippen LogP contribution is -2.56. The van der Waals surface area contributed by atoms with E-state index in [1.54, 1.807) is 0 Å². The first-order chi connectivity index (χ1) is 5.03. The maximum Gasteiger partial charge on any atom is 0.0260 e. The van der Waals surface area contributed by atoms with Crippen LogP contribution < -0.4 is 5.73 Å². The third-order valence-corrected chi connectivity index (χ3v) is 3.81. The zero-order valence-electron chi connectivity index (χ0n) is 7.59. The molecular weight excluding hydrogens is 134 g/mol. The van der Waals surface area contributed by atoms with Gasteiger partial charge in [0.1, 0.15) is 0 Å². The van der Waals surface area contributed by atoms with Gasteiger partial charge in [-0.1, -0.05) is 25.5 Å². The molecule has 0 aromatic carbocycles. The van der Waals surface area contributed by atoms with Crippen LogP contribution in [0.1, 0.15) is 27.2 Å². The number of hydrogen-bond acceptors (Lipinski definition) is 1. The molecule has 1 heteroatoms. The molecule has 0 unspecified atom stereocenters. The summed E-state index contributed by atoms with van der Waals surface area (Å²) in [4.78, 5) is 0. The third-order valence-electron chi connectivity index (χ3n) is 3.81. The van der Waals surface area contributed by atoms with E-state index in [0.29, 0.717) is 11.5 Å². The molecule has 0 radical (unpaired) electrons. The zero-order chi connectivity index (χ0) is 8.22. The lowest BCUT2D eigenvalue weighted by Gasteiger charge is -2.58. The predicted octanol–water partition coefficient (Wildman–Crippen LogP) is 1.94. The van der Waals surface area contributed by atoms with Crippen LogP contribution in [-0.2, 0) is 0 Å². The van der Waals surface area contributed by atoms with E-state index in [2.05, 4.69) is 26.8 Å². The van der Waals surface area contributed by atoms with Crippen molar-refractivity contribution in [3.05, 3.63) is 11.6 Å². The summed E-state index contributed by atoms with van der Waals surface area (Å²) in [5.74, 6) is 1.57. The fourth-order valence-corrected chi connectivity index (χ4v) is 2.92. The normalized spacial score (nSPS) is 46.2. The van der Waals surface area contributed by atoms with Gasteiger partial charge in [-0.05, 0) is 30.6 Å². The van der Waals surface area contributed by atoms with Crippen LogP contribution in [0.15, 0.2) is 11.6 Å². The molecule has 2 bridgehead atoms. The first kappa shape index (κ1) is 7.35. The standard InChI is InChI=1S/C10H17N/c1-6-4-9(11)8-5-7(6)10(8,2)3/h4,7-9H,5,11H2,1-3H3/t7-,8+,9+/m0/s1. The van der Waals surface area contributed by atoms with Crippen molar-refractivity contribution >= 4 is 0 Å². The molecule has 62 valence electrons. The van der Waals surface area contributed by atoms with E-state index in [1.165, 1.54) is 12.0 Å². The maximum absolute atomic E-state index is 6.01. The quantitative estimate of drug-likeness (QED) is 0.526. The van der Waals surface area contributed by atoms with Gasteiger partial charge in [-0.3, -0.25) is 0 Å². The van der Waals surface area contributed by atoms with Crippen molar-refractivity contribution in [1.29, 1.82) is 0 Å². The van der Waals surface area contributed by atoms with Gasteiger partial charge in [-0.15, -0.1) is 0 Å². The van der Waals surface area contributed by atoms with Crippen molar-refractivity contribution in [2.24, 2.45) is 23.0 Å². The summed E-state index contributed by atoms with van der Waals surface area (Å²) in [5, 5.41) is 0. The molecule has 0 aromatic rings. The summed E-state index contributed by atoms with van der Waals surface area (Å²) in [6.45, 7) is 6.92. The fourth-order valence-electron chi connectivity index (χ4n) is 2.92. The largest absolute Gasteiger partial charge is 0.324 e. The second kappa shape index (κ2) is 1.89. The van der Waals surface area contributed by atoms with Crippen LogP contribution in [0.3, 0.4) is 0 Å². The minimum Gasteiger partial charge on any atom is -0.324 e. The number of fused-ring (bicyclic) bond motifs is 1. The average Bonchev–Trinajstić information content (AvgIpc) is 1.84. The molecule has 3 aliphatic carbocycles. The number of allylic oxidation sites excluding steroid dienone is 1. The van der Waals surface area contributed by atoms with Crippen LogP contribution in [-0.4, -0.2) is 6.04 Å². The monoisotopic (exact) mass is 151 g/mol. The number of hydrogen-bond donors (Lipinski definition) is 1. The van der Waals surface area contributed by atoms with Crippen LogP contribution in [0.25, 0.3) is 0 Å². The van der Waals surface area contributed by atoms with Gasteiger partial charge in [0.2, 0.25) is 0 Å². The van der Waals surface area contributed by atoms with Crippen molar-refractivity contribution in [3.8, 4) is 0 Å². The first-order valence-corrected chi connectivity index (χ1v) is 4.47. The highest BCUT2D eigenvalue weighted by Crippen LogP contribution is 2.58. The van der Waals surface area contributed by atoms with Gasteiger partial charge >= 0.3 is 0 Å². The summed E-state index contributed by atoms with van der Waals surface area (Å²) in [5.41, 5.74) is 8.01. The van der Waals surface area contributed by atoms with Crippen LogP contribution >= 0.6 is 0 Å². The van der Waals surface area contributed by atoms with Crippen molar-refractivity contribution in [3.63, 3.8) is 0 Å². The van der Waals surface area contributed by atoms with Crippen LogP contribution in [0, 0.1) is 17.3 Å². The SMILES string of the molecule is CC1=C[C@@H](N)[C@H]2C[C@@H]1C2(C)C. The maximum atomic E-state index is 6.01. The number of nitrogens with two attached hydrogens (primary N) is 1. The second-order valence-electron chi connectivity index (χ2n) is 4.70. The highest BCUT2D eigenvalue weighted by molar-refractivity contribution is 5.25. The van der Waals surface area contributed by atoms with Crippen LogP contribution in [0.2, 0.25) is 0 Å². The van der Waals surface area contributed by atoms with E-state index < -0.39 is 0 Å². The number of rotatable bonds is 0. The van der Waals surface area contributed by atoms with E-state index >= 15 is 0 Å². The first-order valence-electron chi connectivity index (χ1n) is 4.47. The molecule has 0 aliphatic heterocycles. The van der Waals surface area contributed by atoms with Crippen molar-refractivity contribution in [1.82, 2.24) is 0 Å². The lowest BCUT2D eigenvalue weighted by molar-refractivity contribution is -0.0170. The van der Waals surface area contributed by atoms with Gasteiger partial charge in [-0.25, -0.2) is 0 Å². The molecule has 3 atom stereocenters. The van der Waals surface area contributed by atoms with Crippen molar-refractivity contribution in [2.45, 2.75) is 33.2 Å². The molecule has 0 spiro atoms. The zero-order valence-corrected chi connectivity index (χ0v) is 7.59. The average molecular weight is 151 g/mol. The topological polar surface area (TPSA) is 26.0 Å². The van der Waals surface area contributed by atoms with Crippen LogP contribution in [0.5, 0.6) is 0 Å². The molecule has 0 saturated heterocycles. The molecule has 3 aliphatic rings. The molecule has 1 nitrogen and oxygen atoms in total. The predicted molar refractivity (Wildman–Crippen MR) is 47.1 cm³/mol. The third kappa shape index (κ3) is 0.750. The van der Waals surface area contributed by atoms with Gasteiger partial charge < -0.3 is 5.73 Å². The molecule has 0 amide bonds. The molecule has 11 heavy (non-hydrogen) atoms. The van der Waals surface area contributed by atoms with E-state index in [-0.39, 0.29) is 0 Å². The Kier molecular flexibility index (Phi) is 1.26. The minimum atomic E-state index is 0.329. The Morgan fingerprint density at radius 2 is 2.18 bits per heavy atom. The van der Waals surface area contributed by atoms with Gasteiger partial charge in [0.25, 0.3) is 0 Å².